The van der Waals surface area contributed by atoms with Crippen molar-refractivity contribution in [2.75, 3.05) is 19.1 Å². The number of aryl methyl sites for hydroxylation is 1. The zero-order valence-electron chi connectivity index (χ0n) is 20.2. The molecule has 0 fully saturated rings. The van der Waals surface area contributed by atoms with E-state index in [1.807, 2.05) is 55.5 Å². The SMILES string of the molecule is CCc1ccccc1N1C(=O)c2c(C(=O)OC)ncn2C[C@]1(C)C(=O)NCc1ccccc1OC. The van der Waals surface area contributed by atoms with E-state index >= 15 is 0 Å². The fourth-order valence-electron chi connectivity index (χ4n) is 4.50. The molecule has 3 aromatic rings. The normalized spacial score (nSPS) is 17.0. The molecule has 9 heteroatoms. The Labute approximate surface area is 203 Å². The Morgan fingerprint density at radius 3 is 2.46 bits per heavy atom. The number of imidazole rings is 1. The van der Waals surface area contributed by atoms with Gasteiger partial charge in [0, 0.05) is 17.8 Å². The van der Waals surface area contributed by atoms with Crippen LogP contribution in [0.2, 0.25) is 0 Å². The lowest BCUT2D eigenvalue weighted by Gasteiger charge is -2.44. The summed E-state index contributed by atoms with van der Waals surface area (Å²) in [5.41, 5.74) is 1.04. The zero-order chi connectivity index (χ0) is 25.2. The highest BCUT2D eigenvalue weighted by molar-refractivity contribution is 6.15. The summed E-state index contributed by atoms with van der Waals surface area (Å²) in [6.45, 7) is 4.03. The lowest BCUT2D eigenvalue weighted by molar-refractivity contribution is -0.126. The Bertz CT molecular complexity index is 1280. The number of amides is 2. The van der Waals surface area contributed by atoms with Gasteiger partial charge in [-0.05, 0) is 31.0 Å². The van der Waals surface area contributed by atoms with Crippen LogP contribution in [0.15, 0.2) is 54.9 Å². The molecule has 1 aromatic heterocycles. The Kier molecular flexibility index (Phi) is 6.59. The van der Waals surface area contributed by atoms with E-state index in [1.165, 1.54) is 18.3 Å². The largest absolute Gasteiger partial charge is 0.496 e. The Balaban J connectivity index is 1.78. The van der Waals surface area contributed by atoms with E-state index in [9.17, 15) is 14.4 Å². The number of aromatic nitrogens is 2. The number of hydrogen-bond acceptors (Lipinski definition) is 6. The van der Waals surface area contributed by atoms with Crippen molar-refractivity contribution in [1.82, 2.24) is 14.9 Å². The second-order valence-corrected chi connectivity index (χ2v) is 8.45. The molecular weight excluding hydrogens is 448 g/mol. The number of benzene rings is 2. The smallest absolute Gasteiger partial charge is 0.359 e. The average Bonchev–Trinajstić information content (AvgIpc) is 3.30. The quantitative estimate of drug-likeness (QED) is 0.526. The van der Waals surface area contributed by atoms with Crippen molar-refractivity contribution in [3.8, 4) is 5.75 Å². The number of esters is 1. The Morgan fingerprint density at radius 2 is 1.77 bits per heavy atom. The molecule has 0 unspecified atom stereocenters. The van der Waals surface area contributed by atoms with Crippen LogP contribution in [0.1, 0.15) is 46.0 Å². The number of anilines is 1. The molecule has 2 aromatic carbocycles. The van der Waals surface area contributed by atoms with Crippen LogP contribution in [-0.4, -0.2) is 47.1 Å². The minimum Gasteiger partial charge on any atom is -0.496 e. The van der Waals surface area contributed by atoms with Crippen molar-refractivity contribution in [2.45, 2.75) is 38.9 Å². The van der Waals surface area contributed by atoms with Gasteiger partial charge >= 0.3 is 5.97 Å². The third kappa shape index (κ3) is 4.14. The van der Waals surface area contributed by atoms with E-state index < -0.39 is 17.4 Å². The van der Waals surface area contributed by atoms with Gasteiger partial charge in [-0.25, -0.2) is 9.78 Å². The van der Waals surface area contributed by atoms with Gasteiger partial charge in [0.2, 0.25) is 5.91 Å². The van der Waals surface area contributed by atoms with Crippen molar-refractivity contribution in [3.63, 3.8) is 0 Å². The topological polar surface area (TPSA) is 103 Å². The third-order valence-corrected chi connectivity index (χ3v) is 6.33. The first-order valence-corrected chi connectivity index (χ1v) is 11.3. The first-order valence-electron chi connectivity index (χ1n) is 11.3. The maximum atomic E-state index is 13.9. The highest BCUT2D eigenvalue weighted by atomic mass is 16.5. The molecule has 1 aliphatic rings. The molecule has 0 saturated heterocycles. The lowest BCUT2D eigenvalue weighted by atomic mass is 9.92. The van der Waals surface area contributed by atoms with E-state index in [2.05, 4.69) is 10.3 Å². The molecule has 0 radical (unpaired) electrons. The molecule has 0 saturated carbocycles. The van der Waals surface area contributed by atoms with Crippen LogP contribution in [0.3, 0.4) is 0 Å². The molecule has 1 atom stereocenters. The summed E-state index contributed by atoms with van der Waals surface area (Å²) in [5, 5.41) is 2.98. The third-order valence-electron chi connectivity index (χ3n) is 6.33. The standard InChI is InChI=1S/C26H28N4O5/c1-5-17-10-6-8-12-19(17)30-23(31)22-21(24(32)35-4)28-16-29(22)15-26(30,2)25(33)27-14-18-11-7-9-13-20(18)34-3/h6-13,16H,5,14-15H2,1-4H3,(H,27,33)/t26-/m1/s1. The van der Waals surface area contributed by atoms with E-state index in [-0.39, 0.29) is 30.4 Å². The summed E-state index contributed by atoms with van der Waals surface area (Å²) in [5.74, 6) is -0.892. The number of nitrogens with zero attached hydrogens (tertiary/aromatic N) is 3. The summed E-state index contributed by atoms with van der Waals surface area (Å²) < 4.78 is 11.8. The molecule has 0 bridgehead atoms. The van der Waals surface area contributed by atoms with Crippen LogP contribution in [0.4, 0.5) is 5.69 Å². The van der Waals surface area contributed by atoms with Crippen molar-refractivity contribution >= 4 is 23.5 Å². The number of hydrogen-bond donors (Lipinski definition) is 1. The van der Waals surface area contributed by atoms with Crippen LogP contribution < -0.4 is 15.0 Å². The number of fused-ring (bicyclic) bond motifs is 1. The number of carbonyl (C=O) groups is 3. The van der Waals surface area contributed by atoms with Crippen LogP contribution in [0.25, 0.3) is 0 Å². The van der Waals surface area contributed by atoms with Crippen molar-refractivity contribution in [1.29, 1.82) is 0 Å². The molecule has 1 N–H and O–H groups in total. The van der Waals surface area contributed by atoms with Crippen LogP contribution >= 0.6 is 0 Å². The van der Waals surface area contributed by atoms with Crippen LogP contribution in [-0.2, 0) is 29.0 Å². The monoisotopic (exact) mass is 476 g/mol. The number of methoxy groups -OCH3 is 2. The van der Waals surface area contributed by atoms with Gasteiger partial charge < -0.3 is 19.4 Å². The Morgan fingerprint density at radius 1 is 1.09 bits per heavy atom. The van der Waals surface area contributed by atoms with Crippen molar-refractivity contribution < 1.29 is 23.9 Å². The molecule has 0 aliphatic carbocycles. The molecule has 9 nitrogen and oxygen atoms in total. The number of rotatable bonds is 7. The molecule has 35 heavy (non-hydrogen) atoms. The first-order chi connectivity index (χ1) is 16.8. The summed E-state index contributed by atoms with van der Waals surface area (Å²) in [7, 11) is 2.81. The predicted octanol–water partition coefficient (Wildman–Crippen LogP) is 2.98. The van der Waals surface area contributed by atoms with Crippen LogP contribution in [0.5, 0.6) is 5.75 Å². The van der Waals surface area contributed by atoms with Gasteiger partial charge in [-0.15, -0.1) is 0 Å². The number of para-hydroxylation sites is 2. The fraction of sp³-hybridized carbons (Fsp3) is 0.308. The van der Waals surface area contributed by atoms with E-state index in [0.29, 0.717) is 17.9 Å². The summed E-state index contributed by atoms with van der Waals surface area (Å²) in [6, 6.07) is 14.9. The predicted molar refractivity (Wildman–Crippen MR) is 129 cm³/mol. The second-order valence-electron chi connectivity index (χ2n) is 8.45. The number of nitrogens with one attached hydrogen (secondary N) is 1. The molecule has 1 aliphatic heterocycles. The molecule has 0 spiro atoms. The lowest BCUT2D eigenvalue weighted by Crippen LogP contribution is -2.64. The second kappa shape index (κ2) is 9.61. The Hall–Kier alpha value is -4.14. The van der Waals surface area contributed by atoms with Gasteiger partial charge in [-0.2, -0.15) is 0 Å². The van der Waals surface area contributed by atoms with Gasteiger partial charge in [-0.3, -0.25) is 14.5 Å². The molecule has 2 heterocycles. The molecule has 2 amide bonds. The van der Waals surface area contributed by atoms with E-state index in [0.717, 1.165) is 11.1 Å². The maximum absolute atomic E-state index is 13.9. The summed E-state index contributed by atoms with van der Waals surface area (Å²) in [4.78, 5) is 45.6. The first kappa shape index (κ1) is 24.0. The van der Waals surface area contributed by atoms with Gasteiger partial charge in [0.1, 0.15) is 17.0 Å². The highest BCUT2D eigenvalue weighted by Gasteiger charge is 2.50. The van der Waals surface area contributed by atoms with Gasteiger partial charge in [0.05, 0.1) is 27.1 Å². The molecule has 4 rings (SSSR count). The minimum absolute atomic E-state index is 0.0760. The zero-order valence-corrected chi connectivity index (χ0v) is 20.2. The maximum Gasteiger partial charge on any atom is 0.359 e. The van der Waals surface area contributed by atoms with Gasteiger partial charge in [0.15, 0.2) is 5.69 Å². The highest BCUT2D eigenvalue weighted by Crippen LogP contribution is 2.36. The minimum atomic E-state index is -1.30. The van der Waals surface area contributed by atoms with E-state index in [4.69, 9.17) is 9.47 Å². The summed E-state index contributed by atoms with van der Waals surface area (Å²) in [6.07, 6.45) is 2.05. The van der Waals surface area contributed by atoms with Gasteiger partial charge in [0.25, 0.3) is 5.91 Å². The molecular formula is C26H28N4O5. The van der Waals surface area contributed by atoms with Crippen molar-refractivity contribution in [2.24, 2.45) is 0 Å². The number of carbonyl (C=O) groups excluding carboxylic acids is 3. The van der Waals surface area contributed by atoms with Crippen molar-refractivity contribution in [3.05, 3.63) is 77.4 Å². The van der Waals surface area contributed by atoms with Crippen LogP contribution in [0, 0.1) is 0 Å². The summed E-state index contributed by atoms with van der Waals surface area (Å²) >= 11 is 0. The van der Waals surface area contributed by atoms with Gasteiger partial charge in [-0.1, -0.05) is 43.3 Å². The number of ether oxygens (including phenoxy) is 2. The molecule has 182 valence electrons. The average molecular weight is 477 g/mol. The van der Waals surface area contributed by atoms with E-state index in [1.54, 1.807) is 18.6 Å². The fourth-order valence-corrected chi connectivity index (χ4v) is 4.50.